The molecule has 1 heterocycles. The highest BCUT2D eigenvalue weighted by molar-refractivity contribution is 5.66. The summed E-state index contributed by atoms with van der Waals surface area (Å²) < 4.78 is 5.51. The second-order valence-electron chi connectivity index (χ2n) is 5.97. The van der Waals surface area contributed by atoms with Crippen LogP contribution in [0.2, 0.25) is 0 Å². The summed E-state index contributed by atoms with van der Waals surface area (Å²) in [4.78, 5) is 12.9. The molecule has 120 valence electrons. The van der Waals surface area contributed by atoms with Gasteiger partial charge in [0.1, 0.15) is 5.75 Å². The Labute approximate surface area is 132 Å². The van der Waals surface area contributed by atoms with Gasteiger partial charge in [0.05, 0.1) is 7.11 Å². The van der Waals surface area contributed by atoms with Crippen molar-refractivity contribution >= 4 is 5.97 Å². The van der Waals surface area contributed by atoms with Crippen molar-refractivity contribution in [2.45, 2.75) is 25.2 Å². The van der Waals surface area contributed by atoms with Crippen LogP contribution in [0.25, 0.3) is 0 Å². The summed E-state index contributed by atoms with van der Waals surface area (Å²) in [5, 5.41) is 8.65. The van der Waals surface area contributed by atoms with Gasteiger partial charge in [-0.15, -0.1) is 0 Å². The van der Waals surface area contributed by atoms with Crippen LogP contribution in [-0.4, -0.2) is 43.2 Å². The minimum atomic E-state index is -0.739. The molecule has 1 fully saturated rings. The molecule has 0 aromatic heterocycles. The average Bonchev–Trinajstić information content (AvgIpc) is 2.87. The highest BCUT2D eigenvalue weighted by Gasteiger charge is 2.32. The van der Waals surface area contributed by atoms with Gasteiger partial charge in [-0.1, -0.05) is 30.4 Å². The zero-order valence-electron chi connectivity index (χ0n) is 13.4. The maximum Gasteiger partial charge on any atom is 0.303 e. The molecule has 0 radical (unpaired) electrons. The molecule has 2 atom stereocenters. The van der Waals surface area contributed by atoms with Crippen molar-refractivity contribution in [3.63, 3.8) is 0 Å². The Kier molecular flexibility index (Phi) is 6.01. The first-order chi connectivity index (χ1) is 10.6. The van der Waals surface area contributed by atoms with E-state index in [-0.39, 0.29) is 6.42 Å². The van der Waals surface area contributed by atoms with Gasteiger partial charge in [0, 0.05) is 25.4 Å². The van der Waals surface area contributed by atoms with Crippen molar-refractivity contribution in [1.82, 2.24) is 4.90 Å². The number of para-hydroxylation sites is 1. The first kappa shape index (κ1) is 16.6. The zero-order valence-corrected chi connectivity index (χ0v) is 13.4. The van der Waals surface area contributed by atoms with Crippen LogP contribution in [0.1, 0.15) is 30.7 Å². The summed E-state index contributed by atoms with van der Waals surface area (Å²) in [7, 11) is 3.87. The lowest BCUT2D eigenvalue weighted by Gasteiger charge is -2.20. The van der Waals surface area contributed by atoms with Crippen molar-refractivity contribution in [3.8, 4) is 5.75 Å². The highest BCUT2D eigenvalue weighted by Crippen LogP contribution is 2.38. The third-order valence-corrected chi connectivity index (χ3v) is 4.29. The maximum absolute atomic E-state index is 10.5. The number of carbonyl (C=O) groups is 1. The first-order valence-electron chi connectivity index (χ1n) is 7.80. The van der Waals surface area contributed by atoms with Crippen LogP contribution in [0.4, 0.5) is 0 Å². The first-order valence-corrected chi connectivity index (χ1v) is 7.80. The topological polar surface area (TPSA) is 49.8 Å². The molecule has 1 aromatic carbocycles. The SMILES string of the molecule is COc1ccccc1[C@H]1CN(C)C[C@@H]1CC=CCCC(=O)O. The maximum atomic E-state index is 10.5. The van der Waals surface area contributed by atoms with E-state index in [1.807, 2.05) is 18.2 Å². The van der Waals surface area contributed by atoms with Crippen molar-refractivity contribution in [2.24, 2.45) is 5.92 Å². The molecule has 4 nitrogen and oxygen atoms in total. The average molecular weight is 303 g/mol. The number of aliphatic carboxylic acids is 1. The molecule has 0 spiro atoms. The Morgan fingerprint density at radius 1 is 1.36 bits per heavy atom. The number of rotatable bonds is 7. The monoisotopic (exact) mass is 303 g/mol. The van der Waals surface area contributed by atoms with E-state index in [9.17, 15) is 4.79 Å². The molecule has 0 saturated carbocycles. The molecule has 4 heteroatoms. The summed E-state index contributed by atoms with van der Waals surface area (Å²) >= 11 is 0. The molecule has 1 aliphatic heterocycles. The number of nitrogens with zero attached hydrogens (tertiary/aromatic N) is 1. The lowest BCUT2D eigenvalue weighted by molar-refractivity contribution is -0.136. The number of carboxylic acids is 1. The largest absolute Gasteiger partial charge is 0.496 e. The van der Waals surface area contributed by atoms with E-state index in [0.717, 1.165) is 25.3 Å². The molecule has 0 amide bonds. The fourth-order valence-corrected chi connectivity index (χ4v) is 3.25. The number of ether oxygens (including phenoxy) is 1. The number of carboxylic acid groups (broad SMARTS) is 1. The molecule has 0 aliphatic carbocycles. The third kappa shape index (κ3) is 4.34. The Morgan fingerprint density at radius 2 is 2.14 bits per heavy atom. The van der Waals surface area contributed by atoms with Crippen LogP contribution in [0, 0.1) is 5.92 Å². The summed E-state index contributed by atoms with van der Waals surface area (Å²) in [6, 6.07) is 8.24. The summed E-state index contributed by atoms with van der Waals surface area (Å²) in [5.74, 6) is 1.23. The molecular weight excluding hydrogens is 278 g/mol. The van der Waals surface area contributed by atoms with Gasteiger partial charge in [0.15, 0.2) is 0 Å². The van der Waals surface area contributed by atoms with Gasteiger partial charge in [0.25, 0.3) is 0 Å². The molecular formula is C18H25NO3. The number of hydrogen-bond acceptors (Lipinski definition) is 3. The number of benzene rings is 1. The van der Waals surface area contributed by atoms with Gasteiger partial charge in [-0.25, -0.2) is 0 Å². The molecule has 1 aliphatic rings. The highest BCUT2D eigenvalue weighted by atomic mass is 16.5. The van der Waals surface area contributed by atoms with Crippen molar-refractivity contribution in [2.75, 3.05) is 27.2 Å². The van der Waals surface area contributed by atoms with Gasteiger partial charge in [-0.3, -0.25) is 4.79 Å². The van der Waals surface area contributed by atoms with Gasteiger partial charge in [-0.2, -0.15) is 0 Å². The van der Waals surface area contributed by atoms with E-state index in [4.69, 9.17) is 9.84 Å². The fraction of sp³-hybridized carbons (Fsp3) is 0.500. The lowest BCUT2D eigenvalue weighted by Crippen LogP contribution is -2.13. The van der Waals surface area contributed by atoms with Gasteiger partial charge in [-0.05, 0) is 37.4 Å². The standard InChI is InChI=1S/C18H25NO3/c1-19-12-14(8-4-3-5-11-18(20)21)16(13-19)15-9-6-7-10-17(15)22-2/h3-4,6-7,9-10,14,16H,5,8,11-13H2,1-2H3,(H,20,21)/t14-,16-/m0/s1. The van der Waals surface area contributed by atoms with Crippen LogP contribution in [0.15, 0.2) is 36.4 Å². The van der Waals surface area contributed by atoms with E-state index in [0.29, 0.717) is 18.3 Å². The second-order valence-corrected chi connectivity index (χ2v) is 5.97. The van der Waals surface area contributed by atoms with Crippen LogP contribution in [0.5, 0.6) is 5.75 Å². The number of likely N-dealkylation sites (N-methyl/N-ethyl adjacent to an activating group) is 1. The number of allylic oxidation sites excluding steroid dienone is 2. The molecule has 0 bridgehead atoms. The molecule has 22 heavy (non-hydrogen) atoms. The van der Waals surface area contributed by atoms with Crippen LogP contribution in [0.3, 0.4) is 0 Å². The van der Waals surface area contributed by atoms with Gasteiger partial charge < -0.3 is 14.7 Å². The molecule has 1 saturated heterocycles. The summed E-state index contributed by atoms with van der Waals surface area (Å²) in [6.45, 7) is 2.10. The lowest BCUT2D eigenvalue weighted by atomic mass is 9.86. The van der Waals surface area contributed by atoms with E-state index < -0.39 is 5.97 Å². The van der Waals surface area contributed by atoms with Crippen LogP contribution < -0.4 is 4.74 Å². The molecule has 2 rings (SSSR count). The van der Waals surface area contributed by atoms with E-state index in [2.05, 4.69) is 30.2 Å². The molecule has 0 unspecified atom stereocenters. The van der Waals surface area contributed by atoms with Crippen molar-refractivity contribution in [1.29, 1.82) is 0 Å². The van der Waals surface area contributed by atoms with E-state index >= 15 is 0 Å². The fourth-order valence-electron chi connectivity index (χ4n) is 3.25. The van der Waals surface area contributed by atoms with Crippen LogP contribution in [-0.2, 0) is 4.79 Å². The predicted molar refractivity (Wildman–Crippen MR) is 87.3 cm³/mol. The normalized spacial score (nSPS) is 22.3. The Hall–Kier alpha value is -1.81. The molecule has 1 N–H and O–H groups in total. The smallest absolute Gasteiger partial charge is 0.303 e. The summed E-state index contributed by atoms with van der Waals surface area (Å²) in [5.41, 5.74) is 1.28. The van der Waals surface area contributed by atoms with Crippen LogP contribution >= 0.6 is 0 Å². The minimum absolute atomic E-state index is 0.205. The third-order valence-electron chi connectivity index (χ3n) is 4.29. The van der Waals surface area contributed by atoms with Gasteiger partial charge >= 0.3 is 5.97 Å². The Balaban J connectivity index is 2.01. The van der Waals surface area contributed by atoms with Crippen molar-refractivity contribution in [3.05, 3.63) is 42.0 Å². The quantitative estimate of drug-likeness (QED) is 0.786. The van der Waals surface area contributed by atoms with Gasteiger partial charge in [0.2, 0.25) is 0 Å². The number of likely N-dealkylation sites (tertiary alicyclic amines) is 1. The minimum Gasteiger partial charge on any atom is -0.496 e. The number of hydrogen-bond donors (Lipinski definition) is 1. The summed E-state index contributed by atoms with van der Waals surface area (Å²) in [6.07, 6.45) is 5.92. The predicted octanol–water partition coefficient (Wildman–Crippen LogP) is 3.15. The molecule has 1 aromatic rings. The number of methoxy groups -OCH3 is 1. The van der Waals surface area contributed by atoms with E-state index in [1.165, 1.54) is 5.56 Å². The second kappa shape index (κ2) is 7.99. The van der Waals surface area contributed by atoms with Crippen molar-refractivity contribution < 1.29 is 14.6 Å². The van der Waals surface area contributed by atoms with E-state index in [1.54, 1.807) is 7.11 Å². The zero-order chi connectivity index (χ0) is 15.9. The Bertz CT molecular complexity index is 527. The Morgan fingerprint density at radius 3 is 2.86 bits per heavy atom.